The Hall–Kier alpha value is -2.31. The second-order valence-electron chi connectivity index (χ2n) is 4.90. The molecule has 0 spiro atoms. The smallest absolute Gasteiger partial charge is 0.225 e. The monoisotopic (exact) mass is 273 g/mol. The Labute approximate surface area is 118 Å². The van der Waals surface area contributed by atoms with Gasteiger partial charge in [0.25, 0.3) is 0 Å². The summed E-state index contributed by atoms with van der Waals surface area (Å²) in [6.07, 6.45) is 0. The Kier molecular flexibility index (Phi) is 3.78. The Morgan fingerprint density at radius 2 is 1.65 bits per heavy atom. The lowest BCUT2D eigenvalue weighted by Crippen LogP contribution is -2.13. The van der Waals surface area contributed by atoms with Crippen LogP contribution in [0.5, 0.6) is 0 Å². The molecule has 7 heteroatoms. The molecule has 0 radical (unpaired) electrons. The molecule has 0 unspecified atom stereocenters. The van der Waals surface area contributed by atoms with Crippen molar-refractivity contribution in [3.05, 3.63) is 23.1 Å². The minimum atomic E-state index is 0.584. The zero-order valence-electron chi connectivity index (χ0n) is 12.7. The van der Waals surface area contributed by atoms with Crippen LogP contribution in [0.2, 0.25) is 0 Å². The summed E-state index contributed by atoms with van der Waals surface area (Å²) < 4.78 is 1.76. The number of hydrogen-bond donors (Lipinski definition) is 0. The highest BCUT2D eigenvalue weighted by Crippen LogP contribution is 2.25. The molecule has 2 aromatic heterocycles. The van der Waals surface area contributed by atoms with E-state index in [2.05, 4.69) is 25.3 Å². The van der Waals surface area contributed by atoms with Crippen molar-refractivity contribution in [2.24, 2.45) is 17.3 Å². The molecule has 2 heterocycles. The van der Waals surface area contributed by atoms with Crippen molar-refractivity contribution in [3.8, 4) is 0 Å². The number of aromatic nitrogens is 4. The molecular weight excluding hydrogens is 254 g/mol. The maximum absolute atomic E-state index is 4.40. The first-order chi connectivity index (χ1) is 9.38. The first kappa shape index (κ1) is 14.1. The third-order valence-electron chi connectivity index (χ3n) is 2.97. The molecule has 7 nitrogen and oxygen atoms in total. The predicted octanol–water partition coefficient (Wildman–Crippen LogP) is 2.62. The Morgan fingerprint density at radius 1 is 1.05 bits per heavy atom. The third-order valence-corrected chi connectivity index (χ3v) is 2.97. The fraction of sp³-hybridized carbons (Fsp3) is 0.462. The largest absolute Gasteiger partial charge is 0.347 e. The minimum Gasteiger partial charge on any atom is -0.347 e. The van der Waals surface area contributed by atoms with Gasteiger partial charge < -0.3 is 4.90 Å². The summed E-state index contributed by atoms with van der Waals surface area (Å²) in [5, 5.41) is 12.6. The fourth-order valence-electron chi connectivity index (χ4n) is 1.73. The van der Waals surface area contributed by atoms with Crippen LogP contribution >= 0.6 is 0 Å². The highest BCUT2D eigenvalue weighted by Gasteiger charge is 2.09. The Morgan fingerprint density at radius 3 is 2.10 bits per heavy atom. The molecule has 0 fully saturated rings. The predicted molar refractivity (Wildman–Crippen MR) is 78.0 cm³/mol. The van der Waals surface area contributed by atoms with Gasteiger partial charge in [-0.1, -0.05) is 0 Å². The van der Waals surface area contributed by atoms with E-state index >= 15 is 0 Å². The molecule has 0 aliphatic rings. The third kappa shape index (κ3) is 2.81. The van der Waals surface area contributed by atoms with Gasteiger partial charge in [0.1, 0.15) is 5.69 Å². The quantitative estimate of drug-likeness (QED) is 0.806. The molecule has 2 rings (SSSR count). The van der Waals surface area contributed by atoms with Crippen LogP contribution in [0.4, 0.5) is 17.5 Å². The molecule has 0 saturated heterocycles. The lowest BCUT2D eigenvalue weighted by atomic mass is 10.3. The molecule has 0 amide bonds. The van der Waals surface area contributed by atoms with Gasteiger partial charge in [-0.2, -0.15) is 5.10 Å². The lowest BCUT2D eigenvalue weighted by Gasteiger charge is -2.12. The van der Waals surface area contributed by atoms with E-state index in [-0.39, 0.29) is 0 Å². The van der Waals surface area contributed by atoms with Crippen LogP contribution in [0.1, 0.15) is 17.1 Å². The Balaban J connectivity index is 2.34. The summed E-state index contributed by atoms with van der Waals surface area (Å²) in [5.41, 5.74) is 3.33. The van der Waals surface area contributed by atoms with E-state index in [0.29, 0.717) is 17.5 Å². The van der Waals surface area contributed by atoms with E-state index in [0.717, 1.165) is 17.1 Å². The van der Waals surface area contributed by atoms with Crippen LogP contribution < -0.4 is 4.90 Å². The summed E-state index contributed by atoms with van der Waals surface area (Å²) in [4.78, 5) is 10.7. The van der Waals surface area contributed by atoms with Gasteiger partial charge in [-0.25, -0.2) is 9.97 Å². The van der Waals surface area contributed by atoms with Gasteiger partial charge in [0.15, 0.2) is 5.82 Å². The average Bonchev–Trinajstić information content (AvgIpc) is 2.67. The maximum atomic E-state index is 4.40. The summed E-state index contributed by atoms with van der Waals surface area (Å²) in [6.45, 7) is 5.77. The van der Waals surface area contributed by atoms with E-state index in [9.17, 15) is 0 Å². The summed E-state index contributed by atoms with van der Waals surface area (Å²) >= 11 is 0. The van der Waals surface area contributed by atoms with Gasteiger partial charge in [0, 0.05) is 32.9 Å². The van der Waals surface area contributed by atoms with E-state index in [4.69, 9.17) is 0 Å². The van der Waals surface area contributed by atoms with Gasteiger partial charge in [-0.3, -0.25) is 4.68 Å². The Bertz CT molecular complexity index is 612. The van der Waals surface area contributed by atoms with E-state index < -0.39 is 0 Å². The van der Waals surface area contributed by atoms with Crippen LogP contribution in [0.25, 0.3) is 0 Å². The van der Waals surface area contributed by atoms with Gasteiger partial charge in [-0.05, 0) is 20.8 Å². The first-order valence-electron chi connectivity index (χ1n) is 6.33. The van der Waals surface area contributed by atoms with Gasteiger partial charge in [0.05, 0.1) is 11.4 Å². The fourth-order valence-corrected chi connectivity index (χ4v) is 1.73. The van der Waals surface area contributed by atoms with Gasteiger partial charge >= 0.3 is 0 Å². The number of azo groups is 1. The van der Waals surface area contributed by atoms with E-state index in [1.807, 2.05) is 52.9 Å². The number of hydrogen-bond acceptors (Lipinski definition) is 6. The average molecular weight is 273 g/mol. The van der Waals surface area contributed by atoms with Crippen molar-refractivity contribution in [2.45, 2.75) is 20.8 Å². The molecule has 0 saturated carbocycles. The molecular formula is C13H19N7. The number of nitrogens with zero attached hydrogens (tertiary/aromatic N) is 7. The SMILES string of the molecule is Cc1nc(N(C)C)nc(C)c1N=Nc1cc(C)n(C)n1. The van der Waals surface area contributed by atoms with Crippen LogP contribution in [0.3, 0.4) is 0 Å². The second-order valence-corrected chi connectivity index (χ2v) is 4.90. The molecule has 20 heavy (non-hydrogen) atoms. The molecule has 0 atom stereocenters. The number of rotatable bonds is 3. The zero-order valence-corrected chi connectivity index (χ0v) is 12.7. The number of aryl methyl sites for hydroxylation is 4. The highest BCUT2D eigenvalue weighted by atomic mass is 15.3. The molecule has 0 aliphatic carbocycles. The molecule has 0 bridgehead atoms. The van der Waals surface area contributed by atoms with Crippen molar-refractivity contribution >= 4 is 17.5 Å². The number of anilines is 1. The van der Waals surface area contributed by atoms with Crippen molar-refractivity contribution in [1.82, 2.24) is 19.7 Å². The lowest BCUT2D eigenvalue weighted by molar-refractivity contribution is 0.739. The molecule has 0 aromatic carbocycles. The van der Waals surface area contributed by atoms with Gasteiger partial charge in [-0.15, -0.1) is 10.2 Å². The molecule has 0 N–H and O–H groups in total. The molecule has 0 aliphatic heterocycles. The van der Waals surface area contributed by atoms with Crippen molar-refractivity contribution in [2.75, 3.05) is 19.0 Å². The summed E-state index contributed by atoms with van der Waals surface area (Å²) in [6, 6.07) is 1.88. The maximum Gasteiger partial charge on any atom is 0.225 e. The highest BCUT2D eigenvalue weighted by molar-refractivity contribution is 5.49. The minimum absolute atomic E-state index is 0.584. The summed E-state index contributed by atoms with van der Waals surface area (Å²) in [7, 11) is 5.69. The van der Waals surface area contributed by atoms with Crippen LogP contribution in [0.15, 0.2) is 16.3 Å². The normalized spacial score (nSPS) is 11.3. The molecule has 106 valence electrons. The van der Waals surface area contributed by atoms with Crippen LogP contribution in [-0.2, 0) is 7.05 Å². The van der Waals surface area contributed by atoms with Crippen molar-refractivity contribution in [3.63, 3.8) is 0 Å². The van der Waals surface area contributed by atoms with Crippen LogP contribution in [0, 0.1) is 20.8 Å². The first-order valence-corrected chi connectivity index (χ1v) is 6.33. The summed E-state index contributed by atoms with van der Waals surface area (Å²) in [5.74, 6) is 1.26. The van der Waals surface area contributed by atoms with Crippen molar-refractivity contribution in [1.29, 1.82) is 0 Å². The zero-order chi connectivity index (χ0) is 14.9. The molecule has 2 aromatic rings. The van der Waals surface area contributed by atoms with Crippen molar-refractivity contribution < 1.29 is 0 Å². The standard InChI is InChI=1S/C13H19N7/c1-8-7-11(18-20(8)6)16-17-12-9(2)14-13(19(4)5)15-10(12)3/h7H,1-6H3. The van der Waals surface area contributed by atoms with E-state index in [1.165, 1.54) is 0 Å². The van der Waals surface area contributed by atoms with Crippen LogP contribution in [-0.4, -0.2) is 33.8 Å². The van der Waals surface area contributed by atoms with Gasteiger partial charge in [0.2, 0.25) is 5.95 Å². The van der Waals surface area contributed by atoms with E-state index in [1.54, 1.807) is 4.68 Å². The topological polar surface area (TPSA) is 71.6 Å². The second kappa shape index (κ2) is 5.36.